The third-order valence-electron chi connectivity index (χ3n) is 5.87. The molecule has 196 valence electrons. The van der Waals surface area contributed by atoms with E-state index in [1.54, 1.807) is 28.4 Å². The standard InChI is InChI=1S/C22H18N6O7S3/c1-35-26-14(12-8-38-22(23)24-12)17(29)25-15-18(30)28-16(21(33)34)9(6-37-19(15)28)4-27-3-2-13-10(5-27)11(7-36-13)20(31)32/h2-3,5,7-8,15,19H,4,6H2,1H3,(H4-,23,24,25,29,31,32,33,34)/p+1/b26-14-/t15-,19-/m1/s1. The molecule has 13 nitrogen and oxygen atoms in total. The fourth-order valence-corrected chi connectivity index (χ4v) is 6.99. The number of carboxylic acids is 2. The largest absolute Gasteiger partial charge is 0.478 e. The molecule has 2 aliphatic heterocycles. The highest BCUT2D eigenvalue weighted by Gasteiger charge is 2.54. The quantitative estimate of drug-likeness (QED) is 0.129. The molecule has 16 heteroatoms. The lowest BCUT2D eigenvalue weighted by atomic mass is 10.0. The van der Waals surface area contributed by atoms with Crippen LogP contribution in [0.1, 0.15) is 16.1 Å². The topological polar surface area (TPSA) is 188 Å². The molecule has 5 heterocycles. The fraction of sp³-hybridized carbons (Fsp3) is 0.227. The zero-order chi connectivity index (χ0) is 27.1. The van der Waals surface area contributed by atoms with Crippen molar-refractivity contribution in [2.24, 2.45) is 5.16 Å². The number of hydrogen-bond donors (Lipinski definition) is 4. The van der Waals surface area contributed by atoms with Crippen molar-refractivity contribution in [3.8, 4) is 0 Å². The van der Waals surface area contributed by atoms with Crippen LogP contribution in [0.2, 0.25) is 0 Å². The Labute approximate surface area is 226 Å². The number of pyridine rings is 1. The number of carbonyl (C=O) groups is 4. The number of nitrogens with one attached hydrogen (secondary N) is 1. The Kier molecular flexibility index (Phi) is 6.77. The summed E-state index contributed by atoms with van der Waals surface area (Å²) in [6.07, 6.45) is 3.39. The first-order chi connectivity index (χ1) is 18.2. The first kappa shape index (κ1) is 25.6. The highest BCUT2D eigenvalue weighted by atomic mass is 32.2. The minimum absolute atomic E-state index is 0.142. The summed E-state index contributed by atoms with van der Waals surface area (Å²) in [6.45, 7) is 0.142. The van der Waals surface area contributed by atoms with Gasteiger partial charge in [-0.15, -0.1) is 34.4 Å². The highest BCUT2D eigenvalue weighted by molar-refractivity contribution is 8.00. The maximum atomic E-state index is 13.1. The van der Waals surface area contributed by atoms with Gasteiger partial charge in [0.25, 0.3) is 11.8 Å². The van der Waals surface area contributed by atoms with Crippen LogP contribution in [0.5, 0.6) is 0 Å². The van der Waals surface area contributed by atoms with E-state index in [0.29, 0.717) is 11.0 Å². The molecule has 3 aromatic rings. The number of amides is 2. The number of aromatic carboxylic acids is 1. The number of aliphatic carboxylic acids is 1. The van der Waals surface area contributed by atoms with E-state index in [1.807, 2.05) is 0 Å². The minimum Gasteiger partial charge on any atom is -0.478 e. The van der Waals surface area contributed by atoms with Gasteiger partial charge in [-0.1, -0.05) is 5.16 Å². The van der Waals surface area contributed by atoms with Crippen molar-refractivity contribution in [2.75, 3.05) is 18.6 Å². The number of carbonyl (C=O) groups excluding carboxylic acids is 2. The first-order valence-electron chi connectivity index (χ1n) is 10.9. The number of thiazole rings is 1. The third-order valence-corrected chi connectivity index (χ3v) is 8.85. The van der Waals surface area contributed by atoms with Crippen LogP contribution in [0.15, 0.2) is 45.6 Å². The van der Waals surface area contributed by atoms with Crippen molar-refractivity contribution in [3.63, 3.8) is 0 Å². The average molecular weight is 576 g/mol. The van der Waals surface area contributed by atoms with Gasteiger partial charge < -0.3 is 26.1 Å². The molecule has 5 rings (SSSR count). The lowest BCUT2D eigenvalue weighted by Crippen LogP contribution is -2.71. The average Bonchev–Trinajstić information content (AvgIpc) is 3.51. The summed E-state index contributed by atoms with van der Waals surface area (Å²) in [5.41, 5.74) is 6.16. The predicted octanol–water partition coefficient (Wildman–Crippen LogP) is 0.715. The summed E-state index contributed by atoms with van der Waals surface area (Å²) >= 11 is 3.73. The smallest absolute Gasteiger partial charge is 0.352 e. The summed E-state index contributed by atoms with van der Waals surface area (Å²) in [5, 5.41) is 28.9. The number of nitrogens with two attached hydrogens (primary N) is 1. The monoisotopic (exact) mass is 575 g/mol. The van der Waals surface area contributed by atoms with Gasteiger partial charge in [-0.2, -0.15) is 0 Å². The van der Waals surface area contributed by atoms with Crippen molar-refractivity contribution >= 4 is 79.1 Å². The number of β-lactam (4-membered cyclic amide) rings is 1. The molecule has 2 amide bonds. The van der Waals surface area contributed by atoms with E-state index in [-0.39, 0.29) is 40.1 Å². The van der Waals surface area contributed by atoms with Crippen LogP contribution in [-0.4, -0.2) is 73.8 Å². The molecule has 0 saturated carbocycles. The van der Waals surface area contributed by atoms with Crippen LogP contribution >= 0.6 is 34.4 Å². The summed E-state index contributed by atoms with van der Waals surface area (Å²) in [4.78, 5) is 59.6. The second-order valence-corrected chi connectivity index (χ2v) is 11.1. The lowest BCUT2D eigenvalue weighted by molar-refractivity contribution is -0.687. The number of carboxylic acid groups (broad SMARTS) is 2. The van der Waals surface area contributed by atoms with E-state index < -0.39 is 35.2 Å². The number of anilines is 1. The van der Waals surface area contributed by atoms with Crippen LogP contribution in [0.4, 0.5) is 5.13 Å². The molecular weight excluding hydrogens is 556 g/mol. The van der Waals surface area contributed by atoms with E-state index in [4.69, 9.17) is 10.6 Å². The Hall–Kier alpha value is -4.02. The number of thiophene rings is 1. The van der Waals surface area contributed by atoms with Crippen LogP contribution in [-0.2, 0) is 25.8 Å². The molecule has 0 aromatic carbocycles. The van der Waals surface area contributed by atoms with Gasteiger partial charge in [-0.05, 0) is 0 Å². The molecule has 5 N–H and O–H groups in total. The van der Waals surface area contributed by atoms with Gasteiger partial charge in [0.2, 0.25) is 0 Å². The van der Waals surface area contributed by atoms with Crippen molar-refractivity contribution in [3.05, 3.63) is 51.7 Å². The van der Waals surface area contributed by atoms with Gasteiger partial charge >= 0.3 is 11.9 Å². The molecular formula is C22H19N6O7S3+. The SMILES string of the molecule is CO/N=C(\C(=O)N[C@@H]1C(=O)N2C(C(=O)O)=C(C[n+]3ccc4scc(C(=O)O)c4c3)CS[C@H]12)c1csc(N)n1. The Morgan fingerprint density at radius 3 is 2.74 bits per heavy atom. The van der Waals surface area contributed by atoms with E-state index in [9.17, 15) is 29.4 Å². The Morgan fingerprint density at radius 1 is 1.29 bits per heavy atom. The molecule has 0 spiro atoms. The Balaban J connectivity index is 1.37. The number of hydrogen-bond acceptors (Lipinski definition) is 11. The molecule has 0 unspecified atom stereocenters. The normalized spacial score (nSPS) is 19.2. The second kappa shape index (κ2) is 10.0. The van der Waals surface area contributed by atoms with Crippen LogP contribution in [0, 0.1) is 0 Å². The highest BCUT2D eigenvalue weighted by Crippen LogP contribution is 2.40. The summed E-state index contributed by atoms with van der Waals surface area (Å²) < 4.78 is 2.48. The zero-order valence-corrected chi connectivity index (χ0v) is 21.9. The maximum absolute atomic E-state index is 13.1. The number of thioether (sulfide) groups is 1. The minimum atomic E-state index is -1.27. The summed E-state index contributed by atoms with van der Waals surface area (Å²) in [5.74, 6) is -3.33. The molecule has 0 bridgehead atoms. The second-order valence-electron chi connectivity index (χ2n) is 8.16. The number of fused-ring (bicyclic) bond motifs is 2. The van der Waals surface area contributed by atoms with E-state index in [1.165, 1.54) is 35.6 Å². The molecule has 3 aromatic heterocycles. The summed E-state index contributed by atoms with van der Waals surface area (Å²) in [7, 11) is 1.26. The van der Waals surface area contributed by atoms with Gasteiger partial charge in [0.05, 0.1) is 10.9 Å². The maximum Gasteiger partial charge on any atom is 0.352 e. The zero-order valence-electron chi connectivity index (χ0n) is 19.5. The van der Waals surface area contributed by atoms with Crippen LogP contribution in [0.3, 0.4) is 0 Å². The van der Waals surface area contributed by atoms with Gasteiger partial charge in [-0.25, -0.2) is 19.1 Å². The van der Waals surface area contributed by atoms with Gasteiger partial charge in [0.1, 0.15) is 29.9 Å². The van der Waals surface area contributed by atoms with E-state index >= 15 is 0 Å². The van der Waals surface area contributed by atoms with Crippen LogP contribution < -0.4 is 15.6 Å². The third kappa shape index (κ3) is 4.46. The van der Waals surface area contributed by atoms with E-state index in [0.717, 1.165) is 20.9 Å². The first-order valence-corrected chi connectivity index (χ1v) is 13.7. The molecule has 2 atom stereocenters. The molecule has 38 heavy (non-hydrogen) atoms. The van der Waals surface area contributed by atoms with Crippen LogP contribution in [0.25, 0.3) is 10.1 Å². The fourth-order valence-electron chi connectivity index (χ4n) is 4.21. The number of nitrogen functional groups attached to an aromatic ring is 1. The summed E-state index contributed by atoms with van der Waals surface area (Å²) in [6, 6.07) is 0.788. The Morgan fingerprint density at radius 2 is 2.08 bits per heavy atom. The molecule has 0 radical (unpaired) electrons. The Bertz CT molecular complexity index is 1560. The van der Waals surface area contributed by atoms with Gasteiger partial charge in [-0.3, -0.25) is 14.5 Å². The molecule has 1 fully saturated rings. The number of nitrogens with zero attached hydrogens (tertiary/aromatic N) is 4. The van der Waals surface area contributed by atoms with Gasteiger partial charge in [0, 0.05) is 32.9 Å². The molecule has 2 aliphatic rings. The molecule has 1 saturated heterocycles. The van der Waals surface area contributed by atoms with Crippen molar-refractivity contribution in [1.29, 1.82) is 0 Å². The number of oxime groups is 1. The van der Waals surface area contributed by atoms with Crippen molar-refractivity contribution < 1.29 is 38.8 Å². The lowest BCUT2D eigenvalue weighted by Gasteiger charge is -2.49. The number of aromatic nitrogens is 2. The van der Waals surface area contributed by atoms with Crippen molar-refractivity contribution in [1.82, 2.24) is 15.2 Å². The molecule has 0 aliphatic carbocycles. The predicted molar refractivity (Wildman–Crippen MR) is 139 cm³/mol. The van der Waals surface area contributed by atoms with Crippen molar-refractivity contribution in [2.45, 2.75) is 18.0 Å². The van der Waals surface area contributed by atoms with Gasteiger partial charge in [0.15, 0.2) is 29.8 Å². The number of rotatable bonds is 8. The van der Waals surface area contributed by atoms with E-state index in [2.05, 4.69) is 15.5 Å².